The molecule has 0 bridgehead atoms. The highest BCUT2D eigenvalue weighted by atomic mass is 16.3. The molecular weight excluding hydrogens is 272 g/mol. The molecule has 0 aliphatic carbocycles. The Morgan fingerprint density at radius 3 is 2.82 bits per heavy atom. The van der Waals surface area contributed by atoms with E-state index in [-0.39, 0.29) is 0 Å². The number of pyridine rings is 1. The van der Waals surface area contributed by atoms with Gasteiger partial charge in [-0.3, -0.25) is 4.98 Å². The SMILES string of the molecule is CNC(C)C/C=C/c1cnc2cc(-c3ccccc3)oc2c1. The summed E-state index contributed by atoms with van der Waals surface area (Å²) < 4.78 is 5.93. The highest BCUT2D eigenvalue weighted by Crippen LogP contribution is 2.27. The van der Waals surface area contributed by atoms with Gasteiger partial charge in [-0.2, -0.15) is 0 Å². The van der Waals surface area contributed by atoms with Crippen LogP contribution >= 0.6 is 0 Å². The van der Waals surface area contributed by atoms with Crippen molar-refractivity contribution >= 4 is 17.2 Å². The van der Waals surface area contributed by atoms with E-state index < -0.39 is 0 Å². The normalized spacial score (nSPS) is 13.0. The fourth-order valence-corrected chi connectivity index (χ4v) is 2.29. The summed E-state index contributed by atoms with van der Waals surface area (Å²) in [4.78, 5) is 4.48. The summed E-state index contributed by atoms with van der Waals surface area (Å²) in [6, 6.07) is 14.6. The van der Waals surface area contributed by atoms with Gasteiger partial charge in [-0.05, 0) is 32.0 Å². The molecule has 3 rings (SSSR count). The third-order valence-electron chi connectivity index (χ3n) is 3.74. The van der Waals surface area contributed by atoms with E-state index in [1.807, 2.05) is 55.7 Å². The topological polar surface area (TPSA) is 38.1 Å². The lowest BCUT2D eigenvalue weighted by atomic mass is 10.1. The van der Waals surface area contributed by atoms with Gasteiger partial charge in [-0.1, -0.05) is 42.5 Å². The van der Waals surface area contributed by atoms with Crippen LogP contribution in [-0.4, -0.2) is 18.1 Å². The first-order valence-electron chi connectivity index (χ1n) is 7.55. The molecule has 0 saturated carbocycles. The maximum Gasteiger partial charge on any atom is 0.153 e. The van der Waals surface area contributed by atoms with Crippen molar-refractivity contribution in [3.63, 3.8) is 0 Å². The lowest BCUT2D eigenvalue weighted by Crippen LogP contribution is -2.19. The van der Waals surface area contributed by atoms with Crippen LogP contribution in [0, 0.1) is 0 Å². The molecule has 0 aliphatic rings. The van der Waals surface area contributed by atoms with Gasteiger partial charge in [0.05, 0.1) is 0 Å². The predicted octanol–water partition coefficient (Wildman–Crippen LogP) is 4.51. The number of fused-ring (bicyclic) bond motifs is 1. The van der Waals surface area contributed by atoms with Crippen LogP contribution < -0.4 is 5.32 Å². The van der Waals surface area contributed by atoms with Gasteiger partial charge in [0, 0.05) is 23.9 Å². The van der Waals surface area contributed by atoms with Crippen LogP contribution in [0.15, 0.2) is 59.2 Å². The standard InChI is InChI=1S/C19H20N2O/c1-14(20-2)7-6-8-15-11-19-17(21-13-15)12-18(22-19)16-9-4-3-5-10-16/h3-6,8-14,20H,7H2,1-2H3/b8-6+. The lowest BCUT2D eigenvalue weighted by molar-refractivity contribution is 0.621. The monoisotopic (exact) mass is 292 g/mol. The minimum absolute atomic E-state index is 0.473. The minimum atomic E-state index is 0.473. The average Bonchev–Trinajstić information content (AvgIpc) is 2.99. The summed E-state index contributed by atoms with van der Waals surface area (Å²) in [6.45, 7) is 2.16. The van der Waals surface area contributed by atoms with Gasteiger partial charge in [-0.25, -0.2) is 0 Å². The fourth-order valence-electron chi connectivity index (χ4n) is 2.29. The molecule has 3 nitrogen and oxygen atoms in total. The molecule has 112 valence electrons. The first kappa shape index (κ1) is 14.5. The molecule has 1 unspecified atom stereocenters. The van der Waals surface area contributed by atoms with Gasteiger partial charge in [0.2, 0.25) is 0 Å². The molecule has 3 heteroatoms. The van der Waals surface area contributed by atoms with Crippen LogP contribution in [-0.2, 0) is 0 Å². The number of aromatic nitrogens is 1. The van der Waals surface area contributed by atoms with Gasteiger partial charge in [0.15, 0.2) is 5.58 Å². The third kappa shape index (κ3) is 3.26. The van der Waals surface area contributed by atoms with Crippen molar-refractivity contribution < 1.29 is 4.42 Å². The van der Waals surface area contributed by atoms with Crippen molar-refractivity contribution in [3.05, 3.63) is 60.3 Å². The number of nitrogens with one attached hydrogen (secondary N) is 1. The van der Waals surface area contributed by atoms with Crippen LogP contribution in [0.5, 0.6) is 0 Å². The van der Waals surface area contributed by atoms with Gasteiger partial charge in [0.25, 0.3) is 0 Å². The second-order valence-electron chi connectivity index (χ2n) is 5.46. The molecule has 1 N–H and O–H groups in total. The molecule has 22 heavy (non-hydrogen) atoms. The Balaban J connectivity index is 1.84. The number of hydrogen-bond acceptors (Lipinski definition) is 3. The molecule has 2 heterocycles. The molecule has 3 aromatic rings. The zero-order chi connectivity index (χ0) is 15.4. The second kappa shape index (κ2) is 6.58. The quantitative estimate of drug-likeness (QED) is 0.752. The Morgan fingerprint density at radius 2 is 2.05 bits per heavy atom. The summed E-state index contributed by atoms with van der Waals surface area (Å²) in [6.07, 6.45) is 7.12. The van der Waals surface area contributed by atoms with Crippen LogP contribution in [0.1, 0.15) is 18.9 Å². The summed E-state index contributed by atoms with van der Waals surface area (Å²) in [5.41, 5.74) is 3.84. The Labute approximate surface area is 130 Å². The molecule has 0 amide bonds. The van der Waals surface area contributed by atoms with E-state index in [0.717, 1.165) is 34.4 Å². The molecule has 2 aromatic heterocycles. The smallest absolute Gasteiger partial charge is 0.153 e. The Hall–Kier alpha value is -2.39. The largest absolute Gasteiger partial charge is 0.454 e. The summed E-state index contributed by atoms with van der Waals surface area (Å²) in [5, 5.41) is 3.22. The highest BCUT2D eigenvalue weighted by molar-refractivity contribution is 5.80. The first-order chi connectivity index (χ1) is 10.8. The van der Waals surface area contributed by atoms with Crippen LogP contribution in [0.25, 0.3) is 28.5 Å². The number of rotatable bonds is 5. The van der Waals surface area contributed by atoms with Crippen molar-refractivity contribution in [3.8, 4) is 11.3 Å². The average molecular weight is 292 g/mol. The van der Waals surface area contributed by atoms with E-state index in [9.17, 15) is 0 Å². The van der Waals surface area contributed by atoms with Crippen molar-refractivity contribution in [2.45, 2.75) is 19.4 Å². The Bertz CT molecular complexity index is 774. The van der Waals surface area contributed by atoms with E-state index in [0.29, 0.717) is 6.04 Å². The van der Waals surface area contributed by atoms with E-state index >= 15 is 0 Å². The molecule has 0 spiro atoms. The molecule has 0 saturated heterocycles. The molecule has 0 fully saturated rings. The number of benzene rings is 1. The molecule has 0 aliphatic heterocycles. The molecular formula is C19H20N2O. The number of furan rings is 1. The Kier molecular flexibility index (Phi) is 4.35. The first-order valence-corrected chi connectivity index (χ1v) is 7.55. The fraction of sp³-hybridized carbons (Fsp3) is 0.211. The van der Waals surface area contributed by atoms with Crippen molar-refractivity contribution in [1.29, 1.82) is 0 Å². The summed E-state index contributed by atoms with van der Waals surface area (Å²) in [7, 11) is 1.97. The van der Waals surface area contributed by atoms with Crippen LogP contribution in [0.4, 0.5) is 0 Å². The van der Waals surface area contributed by atoms with Crippen molar-refractivity contribution in [2.75, 3.05) is 7.05 Å². The lowest BCUT2D eigenvalue weighted by Gasteiger charge is -2.04. The molecule has 1 aromatic carbocycles. The molecule has 1 atom stereocenters. The second-order valence-corrected chi connectivity index (χ2v) is 5.46. The van der Waals surface area contributed by atoms with E-state index in [4.69, 9.17) is 4.42 Å². The van der Waals surface area contributed by atoms with E-state index in [1.165, 1.54) is 0 Å². The predicted molar refractivity (Wildman–Crippen MR) is 91.6 cm³/mol. The van der Waals surface area contributed by atoms with E-state index in [1.54, 1.807) is 0 Å². The van der Waals surface area contributed by atoms with Crippen molar-refractivity contribution in [1.82, 2.24) is 10.3 Å². The summed E-state index contributed by atoms with van der Waals surface area (Å²) in [5.74, 6) is 0.855. The van der Waals surface area contributed by atoms with Crippen molar-refractivity contribution in [2.24, 2.45) is 0 Å². The van der Waals surface area contributed by atoms with Crippen LogP contribution in [0.3, 0.4) is 0 Å². The van der Waals surface area contributed by atoms with Gasteiger partial charge in [0.1, 0.15) is 11.3 Å². The zero-order valence-corrected chi connectivity index (χ0v) is 12.9. The van der Waals surface area contributed by atoms with Gasteiger partial charge < -0.3 is 9.73 Å². The maximum absolute atomic E-state index is 5.93. The zero-order valence-electron chi connectivity index (χ0n) is 12.9. The van der Waals surface area contributed by atoms with Gasteiger partial charge >= 0.3 is 0 Å². The molecule has 0 radical (unpaired) electrons. The number of hydrogen-bond donors (Lipinski definition) is 1. The third-order valence-corrected chi connectivity index (χ3v) is 3.74. The minimum Gasteiger partial charge on any atom is -0.454 e. The van der Waals surface area contributed by atoms with Gasteiger partial charge in [-0.15, -0.1) is 0 Å². The highest BCUT2D eigenvalue weighted by Gasteiger charge is 2.07. The maximum atomic E-state index is 5.93. The summed E-state index contributed by atoms with van der Waals surface area (Å²) >= 11 is 0. The number of nitrogens with zero attached hydrogens (tertiary/aromatic N) is 1. The Morgan fingerprint density at radius 1 is 1.23 bits per heavy atom. The van der Waals surface area contributed by atoms with Crippen LogP contribution in [0.2, 0.25) is 0 Å². The van der Waals surface area contributed by atoms with E-state index in [2.05, 4.69) is 29.4 Å².